The molecule has 0 saturated heterocycles. The minimum Gasteiger partial charge on any atom is -0.440 e. The standard InChI is InChI=1S/C10H31ClO4Si5/c1-16(2)12-18(5,6)14-20(9,10)15-19(7,8)13-17(3,4)11/h16H,1-10H3. The quantitative estimate of drug-likeness (QED) is 0.462. The highest BCUT2D eigenvalue weighted by Crippen LogP contribution is 2.25. The molecular formula is C10H31ClO4Si5. The number of hydrogen-bond donors (Lipinski definition) is 0. The average molecular weight is 391 g/mol. The highest BCUT2D eigenvalue weighted by molar-refractivity contribution is 7.17. The van der Waals surface area contributed by atoms with Crippen LogP contribution in [-0.4, -0.2) is 42.4 Å². The van der Waals surface area contributed by atoms with Crippen LogP contribution < -0.4 is 0 Å². The molecule has 4 nitrogen and oxygen atoms in total. The van der Waals surface area contributed by atoms with Crippen molar-refractivity contribution in [3.05, 3.63) is 0 Å². The van der Waals surface area contributed by atoms with Gasteiger partial charge in [-0.05, 0) is 65.5 Å². The van der Waals surface area contributed by atoms with E-state index < -0.39 is 42.4 Å². The van der Waals surface area contributed by atoms with Crippen molar-refractivity contribution in [1.82, 2.24) is 0 Å². The van der Waals surface area contributed by atoms with Crippen molar-refractivity contribution in [2.24, 2.45) is 0 Å². The van der Waals surface area contributed by atoms with E-state index in [2.05, 4.69) is 39.3 Å². The summed E-state index contributed by atoms with van der Waals surface area (Å²) in [6.45, 7) is 20.6. The first kappa shape index (κ1) is 21.2. The normalized spacial score (nSPS) is 15.0. The predicted octanol–water partition coefficient (Wildman–Crippen LogP) is 4.08. The molecule has 0 atom stereocenters. The van der Waals surface area contributed by atoms with Crippen LogP contribution in [0.5, 0.6) is 0 Å². The lowest BCUT2D eigenvalue weighted by atomic mass is 11.9. The van der Waals surface area contributed by atoms with E-state index in [1.165, 1.54) is 0 Å². The van der Waals surface area contributed by atoms with Crippen molar-refractivity contribution in [3.8, 4) is 0 Å². The second kappa shape index (κ2) is 7.19. The van der Waals surface area contributed by atoms with Gasteiger partial charge in [0.2, 0.25) is 0 Å². The number of rotatable bonds is 8. The van der Waals surface area contributed by atoms with Crippen molar-refractivity contribution in [2.75, 3.05) is 0 Å². The van der Waals surface area contributed by atoms with Gasteiger partial charge in [0, 0.05) is 0 Å². The topological polar surface area (TPSA) is 36.9 Å². The third-order valence-electron chi connectivity index (χ3n) is 1.99. The fourth-order valence-electron chi connectivity index (χ4n) is 2.40. The lowest BCUT2D eigenvalue weighted by Crippen LogP contribution is -2.56. The van der Waals surface area contributed by atoms with Gasteiger partial charge in [0.25, 0.3) is 7.63 Å². The first-order valence-corrected chi connectivity index (χ1v) is 22.2. The minimum atomic E-state index is -2.28. The molecule has 0 unspecified atom stereocenters. The van der Waals surface area contributed by atoms with E-state index >= 15 is 0 Å². The fraction of sp³-hybridized carbons (Fsp3) is 1.00. The number of halogens is 1. The molecular weight excluding hydrogens is 360 g/mol. The summed E-state index contributed by atoms with van der Waals surface area (Å²) in [6.07, 6.45) is 0. The molecule has 0 heterocycles. The Balaban J connectivity index is 4.73. The van der Waals surface area contributed by atoms with Crippen LogP contribution >= 0.6 is 11.1 Å². The Labute approximate surface area is 135 Å². The molecule has 20 heavy (non-hydrogen) atoms. The molecule has 0 amide bonds. The van der Waals surface area contributed by atoms with E-state index in [1.54, 1.807) is 0 Å². The second-order valence-corrected chi connectivity index (χ2v) is 26.4. The van der Waals surface area contributed by atoms with E-state index in [-0.39, 0.29) is 0 Å². The maximum absolute atomic E-state index is 6.28. The molecule has 122 valence electrons. The largest absolute Gasteiger partial charge is 0.440 e. The van der Waals surface area contributed by atoms with Gasteiger partial charge >= 0.3 is 25.7 Å². The highest BCUT2D eigenvalue weighted by Gasteiger charge is 2.43. The van der Waals surface area contributed by atoms with Crippen LogP contribution in [0.2, 0.25) is 65.5 Å². The molecule has 0 N–H and O–H groups in total. The highest BCUT2D eigenvalue weighted by atomic mass is 35.6. The first-order valence-electron chi connectivity index (χ1n) is 7.01. The third kappa shape index (κ3) is 10.9. The fourth-order valence-corrected chi connectivity index (χ4v) is 24.5. The monoisotopic (exact) mass is 390 g/mol. The molecule has 0 aliphatic heterocycles. The van der Waals surface area contributed by atoms with Crippen LogP contribution in [0, 0.1) is 0 Å². The van der Waals surface area contributed by atoms with Gasteiger partial charge in [-0.1, -0.05) is 0 Å². The molecule has 0 radical (unpaired) electrons. The van der Waals surface area contributed by atoms with Crippen LogP contribution in [0.1, 0.15) is 0 Å². The first-order chi connectivity index (χ1) is 8.54. The van der Waals surface area contributed by atoms with Crippen molar-refractivity contribution in [1.29, 1.82) is 0 Å². The minimum absolute atomic E-state index is 1.10. The maximum atomic E-state index is 6.28. The van der Waals surface area contributed by atoms with Crippen LogP contribution in [0.4, 0.5) is 0 Å². The summed E-state index contributed by atoms with van der Waals surface area (Å²) in [5, 5.41) is 0. The molecule has 10 heteroatoms. The smallest absolute Gasteiger partial charge is 0.314 e. The Morgan fingerprint density at radius 3 is 1.35 bits per heavy atom. The summed E-state index contributed by atoms with van der Waals surface area (Å²) >= 11 is 6.28. The Bertz CT molecular complexity index is 317. The van der Waals surface area contributed by atoms with Crippen molar-refractivity contribution < 1.29 is 16.5 Å². The molecule has 0 aromatic carbocycles. The van der Waals surface area contributed by atoms with Gasteiger partial charge in [0.1, 0.15) is 0 Å². The zero-order chi connectivity index (χ0) is 16.4. The Morgan fingerprint density at radius 1 is 0.650 bits per heavy atom. The molecule has 0 aliphatic rings. The Kier molecular flexibility index (Phi) is 7.63. The predicted molar refractivity (Wildman–Crippen MR) is 99.0 cm³/mol. The summed E-state index contributed by atoms with van der Waals surface area (Å²) in [6, 6.07) is 0. The molecule has 0 aliphatic carbocycles. The summed E-state index contributed by atoms with van der Waals surface area (Å²) in [4.78, 5) is 0. The molecule has 0 aromatic rings. The molecule has 0 saturated carbocycles. The second-order valence-electron chi connectivity index (χ2n) is 7.04. The zero-order valence-corrected chi connectivity index (χ0v) is 20.5. The molecule has 0 rings (SSSR count). The van der Waals surface area contributed by atoms with E-state index in [4.69, 9.17) is 27.5 Å². The van der Waals surface area contributed by atoms with Gasteiger partial charge in [-0.3, -0.25) is 0 Å². The van der Waals surface area contributed by atoms with E-state index in [1.807, 2.05) is 26.2 Å². The van der Waals surface area contributed by atoms with Crippen LogP contribution in [0.15, 0.2) is 0 Å². The lowest BCUT2D eigenvalue weighted by Gasteiger charge is -2.39. The van der Waals surface area contributed by atoms with Crippen LogP contribution in [0.3, 0.4) is 0 Å². The third-order valence-corrected chi connectivity index (χ3v) is 18.6. The van der Waals surface area contributed by atoms with Crippen molar-refractivity contribution in [3.63, 3.8) is 0 Å². The average Bonchev–Trinajstić information content (AvgIpc) is 1.86. The summed E-state index contributed by atoms with van der Waals surface area (Å²) in [5.41, 5.74) is 0. The van der Waals surface area contributed by atoms with Crippen molar-refractivity contribution >= 4 is 53.4 Å². The summed E-state index contributed by atoms with van der Waals surface area (Å²) < 4.78 is 24.6. The van der Waals surface area contributed by atoms with E-state index in [0.717, 1.165) is 0 Å². The van der Waals surface area contributed by atoms with Gasteiger partial charge < -0.3 is 16.5 Å². The van der Waals surface area contributed by atoms with Crippen LogP contribution in [0.25, 0.3) is 0 Å². The molecule has 0 aromatic heterocycles. The summed E-state index contributed by atoms with van der Waals surface area (Å²) in [5.74, 6) is 0. The number of hydrogen-bond acceptors (Lipinski definition) is 4. The SMILES string of the molecule is C[SiH](C)O[Si](C)(C)O[Si](C)(C)O[Si](C)(C)O[Si](C)(C)Cl. The van der Waals surface area contributed by atoms with E-state index in [0.29, 0.717) is 0 Å². The van der Waals surface area contributed by atoms with Gasteiger partial charge in [-0.15, -0.1) is 11.1 Å². The van der Waals surface area contributed by atoms with Gasteiger partial charge in [-0.25, -0.2) is 0 Å². The van der Waals surface area contributed by atoms with Crippen LogP contribution in [-0.2, 0) is 16.5 Å². The lowest BCUT2D eigenvalue weighted by molar-refractivity contribution is 0.303. The summed E-state index contributed by atoms with van der Waals surface area (Å²) in [7, 11) is -9.89. The molecule has 0 bridgehead atoms. The van der Waals surface area contributed by atoms with Gasteiger partial charge in [0.15, 0.2) is 9.04 Å². The van der Waals surface area contributed by atoms with Gasteiger partial charge in [0.05, 0.1) is 0 Å². The van der Waals surface area contributed by atoms with E-state index in [9.17, 15) is 0 Å². The molecule has 0 spiro atoms. The van der Waals surface area contributed by atoms with Crippen molar-refractivity contribution in [2.45, 2.75) is 65.5 Å². The Hall–Kier alpha value is 1.21. The maximum Gasteiger partial charge on any atom is 0.314 e. The molecule has 0 fully saturated rings. The zero-order valence-electron chi connectivity index (χ0n) is 14.6. The van der Waals surface area contributed by atoms with Gasteiger partial charge in [-0.2, -0.15) is 0 Å². The Morgan fingerprint density at radius 2 is 1.00 bits per heavy atom.